The van der Waals surface area contributed by atoms with Crippen molar-refractivity contribution in [2.75, 3.05) is 6.61 Å². The Kier molecular flexibility index (Phi) is 2.87. The Labute approximate surface area is 81.9 Å². The Hall–Kier alpha value is -0.680. The van der Waals surface area contributed by atoms with Crippen LogP contribution in [0.25, 0.3) is 0 Å². The summed E-state index contributed by atoms with van der Waals surface area (Å²) in [4.78, 5) is 0. The second-order valence-corrected chi connectivity index (χ2v) is 3.35. The second-order valence-electron chi connectivity index (χ2n) is 2.50. The van der Waals surface area contributed by atoms with Gasteiger partial charge in [0.25, 0.3) is 5.92 Å². The number of aliphatic hydroxyl groups excluding tert-OH is 1. The molecule has 1 aromatic rings. The van der Waals surface area contributed by atoms with Gasteiger partial charge in [-0.25, -0.2) is 0 Å². The van der Waals surface area contributed by atoms with E-state index in [9.17, 15) is 13.9 Å². The summed E-state index contributed by atoms with van der Waals surface area (Å²) in [5.41, 5.74) is -0.579. The maximum Gasteiger partial charge on any atom is 0.299 e. The monoisotopic (exact) mass is 252 g/mol. The van der Waals surface area contributed by atoms with Crippen LogP contribution >= 0.6 is 15.9 Å². The first-order valence-electron chi connectivity index (χ1n) is 3.45. The molecule has 5 heteroatoms. The summed E-state index contributed by atoms with van der Waals surface area (Å²) in [6, 6.07) is 3.87. The van der Waals surface area contributed by atoms with Gasteiger partial charge in [-0.3, -0.25) is 0 Å². The lowest BCUT2D eigenvalue weighted by Gasteiger charge is -2.15. The average molecular weight is 253 g/mol. The lowest BCUT2D eigenvalue weighted by atomic mass is 10.1. The number of hydrogen-bond donors (Lipinski definition) is 2. The largest absolute Gasteiger partial charge is 0.506 e. The van der Waals surface area contributed by atoms with E-state index in [1.54, 1.807) is 0 Å². The van der Waals surface area contributed by atoms with Crippen LogP contribution in [0.15, 0.2) is 22.7 Å². The van der Waals surface area contributed by atoms with Crippen molar-refractivity contribution >= 4 is 15.9 Å². The van der Waals surface area contributed by atoms with E-state index in [-0.39, 0.29) is 4.47 Å². The zero-order valence-electron chi connectivity index (χ0n) is 6.47. The third-order valence-corrected chi connectivity index (χ3v) is 2.22. The molecule has 0 fully saturated rings. The molecule has 0 aromatic heterocycles. The SMILES string of the molecule is OCC(F)(F)c1cccc(Br)c1O. The van der Waals surface area contributed by atoms with E-state index in [0.29, 0.717) is 0 Å². The number of aromatic hydroxyl groups is 1. The number of phenols is 1. The molecule has 1 aromatic carbocycles. The number of phenolic OH excluding ortho intramolecular Hbond substituents is 1. The van der Waals surface area contributed by atoms with Crippen LogP contribution in [0.2, 0.25) is 0 Å². The molecule has 0 aliphatic rings. The summed E-state index contributed by atoms with van der Waals surface area (Å²) in [6.07, 6.45) is 0. The molecule has 0 aliphatic carbocycles. The van der Waals surface area contributed by atoms with Gasteiger partial charge < -0.3 is 10.2 Å². The van der Waals surface area contributed by atoms with Gasteiger partial charge in [0.1, 0.15) is 12.4 Å². The van der Waals surface area contributed by atoms with Crippen molar-refractivity contribution < 1.29 is 19.0 Å². The van der Waals surface area contributed by atoms with Gasteiger partial charge >= 0.3 is 0 Å². The number of halogens is 3. The minimum Gasteiger partial charge on any atom is -0.506 e. The first-order valence-corrected chi connectivity index (χ1v) is 4.25. The van der Waals surface area contributed by atoms with Crippen LogP contribution < -0.4 is 0 Å². The van der Waals surface area contributed by atoms with Crippen molar-refractivity contribution in [2.24, 2.45) is 0 Å². The highest BCUT2D eigenvalue weighted by molar-refractivity contribution is 9.10. The molecule has 13 heavy (non-hydrogen) atoms. The molecular weight excluding hydrogens is 246 g/mol. The molecular formula is C8H7BrF2O2. The Balaban J connectivity index is 3.22. The van der Waals surface area contributed by atoms with Crippen LogP contribution in [0.5, 0.6) is 5.75 Å². The number of para-hydroxylation sites is 1. The molecule has 72 valence electrons. The van der Waals surface area contributed by atoms with Gasteiger partial charge in [-0.2, -0.15) is 8.78 Å². The van der Waals surface area contributed by atoms with Gasteiger partial charge in [0.05, 0.1) is 10.0 Å². The number of alkyl halides is 2. The number of benzene rings is 1. The van der Waals surface area contributed by atoms with Gasteiger partial charge in [0.15, 0.2) is 0 Å². The van der Waals surface area contributed by atoms with Crippen LogP contribution in [0.3, 0.4) is 0 Å². The van der Waals surface area contributed by atoms with Crippen LogP contribution in [0.1, 0.15) is 5.56 Å². The lowest BCUT2D eigenvalue weighted by Crippen LogP contribution is -2.18. The molecule has 0 aliphatic heterocycles. The molecule has 1 rings (SSSR count). The molecule has 0 atom stereocenters. The predicted octanol–water partition coefficient (Wildman–Crippen LogP) is 2.24. The molecule has 2 N–H and O–H groups in total. The first-order chi connectivity index (χ1) is 5.99. The van der Waals surface area contributed by atoms with Crippen molar-refractivity contribution in [3.63, 3.8) is 0 Å². The van der Waals surface area contributed by atoms with Crippen LogP contribution in [-0.4, -0.2) is 16.8 Å². The third-order valence-electron chi connectivity index (χ3n) is 1.58. The molecule has 2 nitrogen and oxygen atoms in total. The van der Waals surface area contributed by atoms with Crippen molar-refractivity contribution in [1.82, 2.24) is 0 Å². The summed E-state index contributed by atoms with van der Waals surface area (Å²) in [5, 5.41) is 17.6. The summed E-state index contributed by atoms with van der Waals surface area (Å²) >= 11 is 2.90. The van der Waals surface area contributed by atoms with Gasteiger partial charge in [-0.05, 0) is 28.1 Å². The molecule has 0 unspecified atom stereocenters. The predicted molar refractivity (Wildman–Crippen MR) is 46.8 cm³/mol. The van der Waals surface area contributed by atoms with Gasteiger partial charge in [-0.1, -0.05) is 6.07 Å². The quantitative estimate of drug-likeness (QED) is 0.848. The van der Waals surface area contributed by atoms with E-state index in [1.807, 2.05) is 0 Å². The molecule has 0 saturated carbocycles. The van der Waals surface area contributed by atoms with Gasteiger partial charge in [0, 0.05) is 0 Å². The smallest absolute Gasteiger partial charge is 0.299 e. The topological polar surface area (TPSA) is 40.5 Å². The van der Waals surface area contributed by atoms with Gasteiger partial charge in [-0.15, -0.1) is 0 Å². The van der Waals surface area contributed by atoms with E-state index in [0.717, 1.165) is 6.07 Å². The van der Waals surface area contributed by atoms with Crippen LogP contribution in [0.4, 0.5) is 8.78 Å². The van der Waals surface area contributed by atoms with Crippen molar-refractivity contribution in [3.8, 4) is 5.75 Å². The summed E-state index contributed by atoms with van der Waals surface area (Å²) in [7, 11) is 0. The van der Waals surface area contributed by atoms with Crippen LogP contribution in [0, 0.1) is 0 Å². The Morgan fingerprint density at radius 3 is 2.54 bits per heavy atom. The van der Waals surface area contributed by atoms with Crippen molar-refractivity contribution in [1.29, 1.82) is 0 Å². The standard InChI is InChI=1S/C8H7BrF2O2/c9-6-3-1-2-5(7(6)13)8(10,11)4-12/h1-3,12-13H,4H2. The fourth-order valence-corrected chi connectivity index (χ4v) is 1.26. The number of hydrogen-bond acceptors (Lipinski definition) is 2. The highest BCUT2D eigenvalue weighted by Crippen LogP contribution is 2.37. The maximum absolute atomic E-state index is 12.9. The molecule has 0 amide bonds. The Bertz CT molecular complexity index is 315. The van der Waals surface area contributed by atoms with Crippen molar-refractivity contribution in [2.45, 2.75) is 5.92 Å². The maximum atomic E-state index is 12.9. The van der Waals surface area contributed by atoms with Crippen LogP contribution in [-0.2, 0) is 5.92 Å². The second kappa shape index (κ2) is 3.59. The van der Waals surface area contributed by atoms with E-state index in [4.69, 9.17) is 5.11 Å². The van der Waals surface area contributed by atoms with E-state index in [1.165, 1.54) is 12.1 Å². The molecule has 0 spiro atoms. The van der Waals surface area contributed by atoms with E-state index < -0.39 is 23.8 Å². The summed E-state index contributed by atoms with van der Waals surface area (Å²) < 4.78 is 26.0. The Morgan fingerprint density at radius 2 is 2.00 bits per heavy atom. The fraction of sp³-hybridized carbons (Fsp3) is 0.250. The van der Waals surface area contributed by atoms with E-state index >= 15 is 0 Å². The fourth-order valence-electron chi connectivity index (χ4n) is 0.896. The molecule has 0 radical (unpaired) electrons. The molecule has 0 bridgehead atoms. The normalized spacial score (nSPS) is 11.7. The summed E-state index contributed by atoms with van der Waals surface area (Å²) in [5.74, 6) is -3.95. The minimum atomic E-state index is -3.41. The highest BCUT2D eigenvalue weighted by Gasteiger charge is 2.33. The lowest BCUT2D eigenvalue weighted by molar-refractivity contribution is -0.0571. The first kappa shape index (κ1) is 10.4. The Morgan fingerprint density at radius 1 is 1.38 bits per heavy atom. The molecule has 0 saturated heterocycles. The van der Waals surface area contributed by atoms with E-state index in [2.05, 4.69) is 15.9 Å². The third kappa shape index (κ3) is 1.97. The zero-order valence-corrected chi connectivity index (χ0v) is 8.05. The minimum absolute atomic E-state index is 0.179. The van der Waals surface area contributed by atoms with Crippen molar-refractivity contribution in [3.05, 3.63) is 28.2 Å². The number of rotatable bonds is 2. The molecule has 0 heterocycles. The van der Waals surface area contributed by atoms with Gasteiger partial charge in [0.2, 0.25) is 0 Å². The summed E-state index contributed by atoms with van der Waals surface area (Å²) in [6.45, 7) is -1.32. The zero-order chi connectivity index (χ0) is 10.1. The average Bonchev–Trinajstić information content (AvgIpc) is 2.09. The number of aliphatic hydroxyl groups is 1. The highest BCUT2D eigenvalue weighted by atomic mass is 79.9.